The predicted molar refractivity (Wildman–Crippen MR) is 138 cm³/mol. The van der Waals surface area contributed by atoms with Gasteiger partial charge in [-0.1, -0.05) is 90.3 Å². The third-order valence-electron chi connectivity index (χ3n) is 5.78. The third kappa shape index (κ3) is 4.66. The molecule has 34 heavy (non-hydrogen) atoms. The summed E-state index contributed by atoms with van der Waals surface area (Å²) < 4.78 is 0. The van der Waals surface area contributed by atoms with E-state index in [1.807, 2.05) is 30.5 Å². The molecule has 0 aliphatic carbocycles. The van der Waals surface area contributed by atoms with Gasteiger partial charge in [0.25, 0.3) is 0 Å². The smallest absolute Gasteiger partial charge is 0.0883 e. The number of hydrogen-bond acceptors (Lipinski definition) is 2. The second-order valence-corrected chi connectivity index (χ2v) is 7.88. The summed E-state index contributed by atoms with van der Waals surface area (Å²) in [6.07, 6.45) is 1.92. The van der Waals surface area contributed by atoms with Gasteiger partial charge in [0.2, 0.25) is 0 Å². The predicted octanol–water partition coefficient (Wildman–Crippen LogP) is 8.27. The molecule has 0 saturated carbocycles. The molecule has 0 aliphatic heterocycles. The maximum atomic E-state index is 5.02. The minimum absolute atomic E-state index is 0.855. The van der Waals surface area contributed by atoms with Crippen molar-refractivity contribution in [2.75, 3.05) is 0 Å². The summed E-state index contributed by atoms with van der Waals surface area (Å²) >= 11 is 1.61. The van der Waals surface area contributed by atoms with Crippen molar-refractivity contribution < 1.29 is 18.8 Å². The van der Waals surface area contributed by atoms with Gasteiger partial charge in [-0.05, 0) is 34.3 Å². The van der Waals surface area contributed by atoms with Crippen LogP contribution in [-0.2, 0) is 18.8 Å². The molecule has 4 aromatic carbocycles. The molecule has 0 fully saturated rings. The largest absolute Gasteiger partial charge is 0.295 e. The molecule has 0 spiro atoms. The second kappa shape index (κ2) is 10.3. The maximum absolute atomic E-state index is 5.02. The van der Waals surface area contributed by atoms with Crippen LogP contribution in [0.3, 0.4) is 0 Å². The van der Waals surface area contributed by atoms with Gasteiger partial charge in [-0.25, -0.2) is 0 Å². The Kier molecular flexibility index (Phi) is 6.81. The fourth-order valence-corrected chi connectivity index (χ4v) is 4.10. The molecule has 6 rings (SSSR count). The molecule has 4 heteroatoms. The first-order chi connectivity index (χ1) is 16.8. The average Bonchev–Trinajstić information content (AvgIpc) is 2.94. The summed E-state index contributed by atoms with van der Waals surface area (Å²) in [6.45, 7) is 0. The van der Waals surface area contributed by atoms with Crippen LogP contribution in [0.5, 0.6) is 0 Å². The Bertz CT molecular complexity index is 1480. The quantitative estimate of drug-likeness (QED) is 0.183. The topological polar surface area (TPSA) is 25.8 Å². The second-order valence-electron chi connectivity index (χ2n) is 7.88. The Morgan fingerprint density at radius 2 is 1.18 bits per heavy atom. The molecule has 166 valence electrons. The van der Waals surface area contributed by atoms with E-state index < -0.39 is 0 Å². The van der Waals surface area contributed by atoms with Crippen LogP contribution in [0.25, 0.3) is 55.3 Å². The van der Waals surface area contributed by atoms with Gasteiger partial charge in [0.15, 0.2) is 0 Å². The first-order valence-electron chi connectivity index (χ1n) is 10.8. The van der Waals surface area contributed by atoms with Gasteiger partial charge in [-0.15, -0.1) is 29.1 Å². The standard InChI is InChI=1S/C30H19N2.ClH.Pt/c1-2-8-21(9-3-1)27-18-28(25-15-14-22-10-4-5-11-23(22)16-25)32-30(19-27)29-17-24-12-6-7-13-26(24)20-31-29;;/h1-14,16-20H;1H;/q-1;;+2/p-1. The number of fused-ring (bicyclic) bond motifs is 2. The van der Waals surface area contributed by atoms with Gasteiger partial charge in [0, 0.05) is 11.6 Å². The van der Waals surface area contributed by atoms with E-state index in [4.69, 9.17) is 9.97 Å². The summed E-state index contributed by atoms with van der Waals surface area (Å²) in [4.78, 5) is 9.74. The van der Waals surface area contributed by atoms with E-state index in [0.717, 1.165) is 44.5 Å². The Balaban J connectivity index is 0.00000117. The monoisotopic (exact) mass is 637 g/mol. The molecular formula is C30H19ClN2Pt. The molecule has 6 aromatic rings. The number of rotatable bonds is 3. The molecule has 0 saturated heterocycles. The van der Waals surface area contributed by atoms with Crippen molar-refractivity contribution in [3.63, 3.8) is 0 Å². The van der Waals surface area contributed by atoms with Crippen LogP contribution in [0.4, 0.5) is 0 Å². The zero-order valence-corrected chi connectivity index (χ0v) is 21.1. The average molecular weight is 638 g/mol. The Morgan fingerprint density at radius 1 is 0.559 bits per heavy atom. The van der Waals surface area contributed by atoms with Gasteiger partial charge in [-0.3, -0.25) is 9.97 Å². The fraction of sp³-hybridized carbons (Fsp3) is 0. The Morgan fingerprint density at radius 3 is 1.94 bits per heavy atom. The first kappa shape index (κ1) is 22.5. The summed E-state index contributed by atoms with van der Waals surface area (Å²) in [6, 6.07) is 41.0. The summed E-state index contributed by atoms with van der Waals surface area (Å²) in [5.74, 6) is 0. The summed E-state index contributed by atoms with van der Waals surface area (Å²) in [7, 11) is 4.61. The van der Waals surface area contributed by atoms with E-state index in [9.17, 15) is 0 Å². The molecule has 0 radical (unpaired) electrons. The fourth-order valence-electron chi connectivity index (χ4n) is 4.10. The Labute approximate surface area is 214 Å². The summed E-state index contributed by atoms with van der Waals surface area (Å²) in [5, 5.41) is 4.63. The normalized spacial score (nSPS) is 10.7. The molecule has 2 aromatic heterocycles. The molecule has 0 unspecified atom stereocenters. The van der Waals surface area contributed by atoms with Crippen molar-refractivity contribution in [2.45, 2.75) is 0 Å². The van der Waals surface area contributed by atoms with Crippen molar-refractivity contribution >= 4 is 31.0 Å². The first-order valence-corrected chi connectivity index (χ1v) is 13.6. The molecule has 0 bridgehead atoms. The SMILES string of the molecule is [Cl][Pt+].[c-]1cc2ccccc2cc1-c1cc(-c2ccccc2)cc(-c2cc3ccccc3cn2)n1. The zero-order chi connectivity index (χ0) is 23.3. The van der Waals surface area contributed by atoms with Crippen molar-refractivity contribution in [1.29, 1.82) is 0 Å². The number of hydrogen-bond donors (Lipinski definition) is 0. The van der Waals surface area contributed by atoms with Crippen molar-refractivity contribution in [1.82, 2.24) is 9.97 Å². The van der Waals surface area contributed by atoms with E-state index in [0.29, 0.717) is 0 Å². The van der Waals surface area contributed by atoms with Gasteiger partial charge >= 0.3 is 28.2 Å². The van der Waals surface area contributed by atoms with Crippen LogP contribution in [-0.4, -0.2) is 9.97 Å². The maximum Gasteiger partial charge on any atom is 0.0883 e. The van der Waals surface area contributed by atoms with Crippen molar-refractivity contribution in [3.8, 4) is 33.8 Å². The molecule has 2 heterocycles. The van der Waals surface area contributed by atoms with Gasteiger partial charge in [0.05, 0.1) is 11.4 Å². The van der Waals surface area contributed by atoms with Crippen LogP contribution in [0.1, 0.15) is 0 Å². The van der Waals surface area contributed by atoms with Crippen molar-refractivity contribution in [3.05, 3.63) is 121 Å². The van der Waals surface area contributed by atoms with Crippen LogP contribution >= 0.6 is 9.42 Å². The van der Waals surface area contributed by atoms with E-state index >= 15 is 0 Å². The molecule has 0 amide bonds. The third-order valence-corrected chi connectivity index (χ3v) is 5.78. The number of pyridine rings is 2. The van der Waals surface area contributed by atoms with E-state index in [1.54, 1.807) is 18.8 Å². The molecule has 2 nitrogen and oxygen atoms in total. The minimum atomic E-state index is 0.855. The molecule has 0 atom stereocenters. The van der Waals surface area contributed by atoms with E-state index in [1.165, 1.54) is 10.8 Å². The van der Waals surface area contributed by atoms with E-state index in [-0.39, 0.29) is 0 Å². The number of nitrogens with zero attached hydrogens (tertiary/aromatic N) is 2. The Hall–Kier alpha value is -3.32. The number of benzene rings is 4. The van der Waals surface area contributed by atoms with Crippen molar-refractivity contribution in [2.24, 2.45) is 0 Å². The van der Waals surface area contributed by atoms with Gasteiger partial charge < -0.3 is 0 Å². The van der Waals surface area contributed by atoms with Crippen LogP contribution in [0.15, 0.2) is 115 Å². The van der Waals surface area contributed by atoms with Crippen LogP contribution in [0.2, 0.25) is 0 Å². The minimum Gasteiger partial charge on any atom is -0.295 e. The van der Waals surface area contributed by atoms with Gasteiger partial charge in [0.1, 0.15) is 0 Å². The molecule has 0 N–H and O–H groups in total. The summed E-state index contributed by atoms with van der Waals surface area (Å²) in [5.41, 5.74) is 5.85. The molecular weight excluding hydrogens is 619 g/mol. The van der Waals surface area contributed by atoms with Crippen LogP contribution in [0, 0.1) is 6.07 Å². The number of halogens is 1. The van der Waals surface area contributed by atoms with Gasteiger partial charge in [-0.2, -0.15) is 0 Å². The number of aromatic nitrogens is 2. The molecule has 0 aliphatic rings. The van der Waals surface area contributed by atoms with Crippen LogP contribution < -0.4 is 0 Å². The zero-order valence-electron chi connectivity index (χ0n) is 18.1. The van der Waals surface area contributed by atoms with E-state index in [2.05, 4.69) is 100 Å².